The lowest BCUT2D eigenvalue weighted by atomic mass is 9.83. The number of carbonyl (C=O) groups is 3. The van der Waals surface area contributed by atoms with Crippen molar-refractivity contribution in [2.75, 3.05) is 31.5 Å². The number of hydrogen-bond donors (Lipinski definition) is 2. The third-order valence-corrected chi connectivity index (χ3v) is 5.28. The topological polar surface area (TPSA) is 95.7 Å². The Bertz CT molecular complexity index is 886. The van der Waals surface area contributed by atoms with Crippen molar-refractivity contribution in [2.45, 2.75) is 19.3 Å². The van der Waals surface area contributed by atoms with Crippen LogP contribution in [0.25, 0.3) is 0 Å². The van der Waals surface area contributed by atoms with E-state index < -0.39 is 11.4 Å². The molecule has 4 amide bonds. The maximum absolute atomic E-state index is 13.1. The van der Waals surface area contributed by atoms with Crippen LogP contribution in [0.3, 0.4) is 0 Å². The van der Waals surface area contributed by atoms with Crippen molar-refractivity contribution in [3.63, 3.8) is 0 Å². The molecule has 0 unspecified atom stereocenters. The second-order valence-electron chi connectivity index (χ2n) is 7.64. The summed E-state index contributed by atoms with van der Waals surface area (Å²) < 4.78 is 0. The van der Waals surface area contributed by atoms with Gasteiger partial charge in [0.2, 0.25) is 5.91 Å². The smallest absolute Gasteiger partial charge is 0.316 e. The molecule has 0 spiro atoms. The second kappa shape index (κ2) is 8.34. The predicted octanol–water partition coefficient (Wildman–Crippen LogP) is 2.44. The standard InChI is InChI=1S/C22H26N4O3/c1-22(2,17-6-4-3-5-7-17)20(28)26-14-12-25(13-15-26)19(27)16-8-10-18(11-9-16)24-21(23)29/h3-11H,12-15H2,1-2H3,(H3,23,24,29). The fraction of sp³-hybridized carbons (Fsp3) is 0.318. The van der Waals surface area contributed by atoms with Gasteiger partial charge in [-0.2, -0.15) is 0 Å². The minimum absolute atomic E-state index is 0.0673. The highest BCUT2D eigenvalue weighted by atomic mass is 16.2. The van der Waals surface area contributed by atoms with Gasteiger partial charge >= 0.3 is 6.03 Å². The van der Waals surface area contributed by atoms with Crippen molar-refractivity contribution in [3.8, 4) is 0 Å². The molecule has 1 aliphatic rings. The molecule has 2 aromatic rings. The molecule has 0 radical (unpaired) electrons. The Hall–Kier alpha value is -3.35. The molecule has 1 fully saturated rings. The number of primary amides is 1. The average Bonchev–Trinajstić information content (AvgIpc) is 2.73. The first-order chi connectivity index (χ1) is 13.8. The van der Waals surface area contributed by atoms with Crippen molar-refractivity contribution < 1.29 is 14.4 Å². The summed E-state index contributed by atoms with van der Waals surface area (Å²) >= 11 is 0. The highest BCUT2D eigenvalue weighted by Crippen LogP contribution is 2.26. The van der Waals surface area contributed by atoms with E-state index in [-0.39, 0.29) is 11.8 Å². The average molecular weight is 394 g/mol. The maximum atomic E-state index is 13.1. The van der Waals surface area contributed by atoms with Crippen LogP contribution >= 0.6 is 0 Å². The zero-order chi connectivity index (χ0) is 21.0. The quantitative estimate of drug-likeness (QED) is 0.834. The molecule has 0 aromatic heterocycles. The first-order valence-electron chi connectivity index (χ1n) is 9.60. The molecule has 3 N–H and O–H groups in total. The zero-order valence-electron chi connectivity index (χ0n) is 16.7. The van der Waals surface area contributed by atoms with E-state index in [1.54, 1.807) is 29.2 Å². The van der Waals surface area contributed by atoms with Crippen LogP contribution in [0, 0.1) is 0 Å². The van der Waals surface area contributed by atoms with Gasteiger partial charge in [0.05, 0.1) is 5.41 Å². The highest BCUT2D eigenvalue weighted by molar-refractivity contribution is 5.95. The van der Waals surface area contributed by atoms with E-state index in [0.717, 1.165) is 5.56 Å². The summed E-state index contributed by atoms with van der Waals surface area (Å²) in [5.41, 5.74) is 6.52. The van der Waals surface area contributed by atoms with Crippen LogP contribution in [0.1, 0.15) is 29.8 Å². The Labute approximate surface area is 170 Å². The van der Waals surface area contributed by atoms with Gasteiger partial charge in [-0.15, -0.1) is 0 Å². The van der Waals surface area contributed by atoms with E-state index in [2.05, 4.69) is 5.32 Å². The number of hydrogen-bond acceptors (Lipinski definition) is 3. The molecule has 1 saturated heterocycles. The van der Waals surface area contributed by atoms with E-state index in [1.807, 2.05) is 49.1 Å². The van der Waals surface area contributed by atoms with Gasteiger partial charge in [-0.1, -0.05) is 30.3 Å². The first kappa shape index (κ1) is 20.4. The molecule has 7 heteroatoms. The van der Waals surface area contributed by atoms with Gasteiger partial charge in [-0.05, 0) is 43.7 Å². The Morgan fingerprint density at radius 3 is 1.97 bits per heavy atom. The summed E-state index contributed by atoms with van der Waals surface area (Å²) in [7, 11) is 0. The number of nitrogens with zero attached hydrogens (tertiary/aromatic N) is 2. The summed E-state index contributed by atoms with van der Waals surface area (Å²) in [6.45, 7) is 5.84. The van der Waals surface area contributed by atoms with Crippen LogP contribution in [-0.2, 0) is 10.2 Å². The lowest BCUT2D eigenvalue weighted by Crippen LogP contribution is -2.54. The molecule has 7 nitrogen and oxygen atoms in total. The van der Waals surface area contributed by atoms with Crippen LogP contribution in [-0.4, -0.2) is 53.8 Å². The van der Waals surface area contributed by atoms with Crippen molar-refractivity contribution in [1.29, 1.82) is 0 Å². The molecule has 1 heterocycles. The number of nitrogens with one attached hydrogen (secondary N) is 1. The molecule has 0 atom stereocenters. The number of rotatable bonds is 4. The Morgan fingerprint density at radius 2 is 1.41 bits per heavy atom. The molecule has 0 aliphatic carbocycles. The number of carbonyl (C=O) groups excluding carboxylic acids is 3. The van der Waals surface area contributed by atoms with Crippen LogP contribution in [0.2, 0.25) is 0 Å². The molecule has 2 aromatic carbocycles. The van der Waals surface area contributed by atoms with E-state index in [9.17, 15) is 14.4 Å². The lowest BCUT2D eigenvalue weighted by Gasteiger charge is -2.38. The van der Waals surface area contributed by atoms with Gasteiger partial charge in [0.25, 0.3) is 5.91 Å². The molecule has 0 saturated carbocycles. The van der Waals surface area contributed by atoms with Crippen molar-refractivity contribution in [1.82, 2.24) is 9.80 Å². The Kier molecular flexibility index (Phi) is 5.87. The molecule has 1 aliphatic heterocycles. The monoisotopic (exact) mass is 394 g/mol. The normalized spacial score (nSPS) is 14.4. The van der Waals surface area contributed by atoms with Crippen molar-refractivity contribution >= 4 is 23.5 Å². The molecule has 152 valence electrons. The van der Waals surface area contributed by atoms with Gasteiger partial charge in [0.15, 0.2) is 0 Å². The van der Waals surface area contributed by atoms with E-state index in [1.165, 1.54) is 0 Å². The van der Waals surface area contributed by atoms with Crippen molar-refractivity contribution in [3.05, 3.63) is 65.7 Å². The fourth-order valence-corrected chi connectivity index (χ4v) is 3.51. The summed E-state index contributed by atoms with van der Waals surface area (Å²) in [5, 5.41) is 2.47. The SMILES string of the molecule is CC(C)(C(=O)N1CCN(C(=O)c2ccc(NC(N)=O)cc2)CC1)c1ccccc1. The van der Waals surface area contributed by atoms with Gasteiger partial charge in [0, 0.05) is 37.4 Å². The number of nitrogens with two attached hydrogens (primary N) is 1. The summed E-state index contributed by atoms with van der Waals surface area (Å²) in [6.07, 6.45) is 0. The van der Waals surface area contributed by atoms with Gasteiger partial charge < -0.3 is 20.9 Å². The third-order valence-electron chi connectivity index (χ3n) is 5.28. The number of piperazine rings is 1. The number of benzene rings is 2. The van der Waals surface area contributed by atoms with Gasteiger partial charge in [-0.25, -0.2) is 4.79 Å². The number of amides is 4. The third kappa shape index (κ3) is 4.56. The Balaban J connectivity index is 1.60. The van der Waals surface area contributed by atoms with E-state index in [4.69, 9.17) is 5.73 Å². The number of urea groups is 1. The van der Waals surface area contributed by atoms with Crippen LogP contribution < -0.4 is 11.1 Å². The molecular weight excluding hydrogens is 368 g/mol. The van der Waals surface area contributed by atoms with E-state index in [0.29, 0.717) is 37.4 Å². The number of anilines is 1. The van der Waals surface area contributed by atoms with E-state index >= 15 is 0 Å². The highest BCUT2D eigenvalue weighted by Gasteiger charge is 2.35. The Morgan fingerprint density at radius 1 is 0.862 bits per heavy atom. The minimum Gasteiger partial charge on any atom is -0.351 e. The zero-order valence-corrected chi connectivity index (χ0v) is 16.7. The fourth-order valence-electron chi connectivity index (χ4n) is 3.51. The molecule has 0 bridgehead atoms. The molecular formula is C22H26N4O3. The first-order valence-corrected chi connectivity index (χ1v) is 9.60. The lowest BCUT2D eigenvalue weighted by molar-refractivity contribution is -0.137. The largest absolute Gasteiger partial charge is 0.351 e. The van der Waals surface area contributed by atoms with Gasteiger partial charge in [0.1, 0.15) is 0 Å². The van der Waals surface area contributed by atoms with Crippen LogP contribution in [0.5, 0.6) is 0 Å². The summed E-state index contributed by atoms with van der Waals surface area (Å²) in [6, 6.07) is 15.7. The maximum Gasteiger partial charge on any atom is 0.316 e. The van der Waals surface area contributed by atoms with Crippen LogP contribution in [0.15, 0.2) is 54.6 Å². The molecule has 29 heavy (non-hydrogen) atoms. The minimum atomic E-state index is -0.650. The second-order valence-corrected chi connectivity index (χ2v) is 7.64. The summed E-state index contributed by atoms with van der Waals surface area (Å²) in [4.78, 5) is 40.3. The van der Waals surface area contributed by atoms with Crippen molar-refractivity contribution in [2.24, 2.45) is 5.73 Å². The summed E-state index contributed by atoms with van der Waals surface area (Å²) in [5.74, 6) is -0.0253. The molecule has 3 rings (SSSR count). The van der Waals surface area contributed by atoms with Crippen LogP contribution in [0.4, 0.5) is 10.5 Å². The van der Waals surface area contributed by atoms with Gasteiger partial charge in [-0.3, -0.25) is 9.59 Å². The predicted molar refractivity (Wildman–Crippen MR) is 112 cm³/mol.